The predicted molar refractivity (Wildman–Crippen MR) is 97.4 cm³/mol. The van der Waals surface area contributed by atoms with Crippen LogP contribution in [0.1, 0.15) is 22.4 Å². The minimum absolute atomic E-state index is 0.0534. The van der Waals surface area contributed by atoms with Crippen LogP contribution in [0.2, 0.25) is 0 Å². The van der Waals surface area contributed by atoms with E-state index in [9.17, 15) is 14.8 Å². The molecule has 0 aliphatic carbocycles. The van der Waals surface area contributed by atoms with Gasteiger partial charge >= 0.3 is 5.69 Å². The average molecular weight is 352 g/mol. The van der Waals surface area contributed by atoms with Crippen molar-refractivity contribution in [1.82, 2.24) is 9.30 Å². The molecule has 0 spiro atoms. The molecule has 0 saturated carbocycles. The Hall–Kier alpha value is -3.12. The van der Waals surface area contributed by atoms with Crippen LogP contribution in [-0.4, -0.2) is 14.5 Å². The van der Waals surface area contributed by atoms with Crippen molar-refractivity contribution in [1.29, 1.82) is 0 Å². The second kappa shape index (κ2) is 7.84. The van der Waals surface area contributed by atoms with Crippen molar-refractivity contribution in [2.24, 2.45) is 0 Å². The van der Waals surface area contributed by atoms with Crippen LogP contribution in [0, 0.1) is 6.92 Å². The Morgan fingerprint density at radius 1 is 0.923 bits per heavy atom. The zero-order valence-corrected chi connectivity index (χ0v) is 14.5. The fraction of sp³-hybridized carbons (Fsp3) is 0.200. The molecule has 1 heterocycles. The molecule has 0 radical (unpaired) electrons. The fourth-order valence-electron chi connectivity index (χ4n) is 2.77. The van der Waals surface area contributed by atoms with Crippen molar-refractivity contribution < 1.29 is 9.94 Å². The van der Waals surface area contributed by atoms with Crippen molar-refractivity contribution in [3.05, 3.63) is 104 Å². The smallest absolute Gasteiger partial charge is 0.366 e. The lowest BCUT2D eigenvalue weighted by Gasteiger charge is -2.15. The van der Waals surface area contributed by atoms with Gasteiger partial charge in [-0.15, -0.1) is 0 Å². The molecule has 0 atom stereocenters. The summed E-state index contributed by atoms with van der Waals surface area (Å²) in [6.45, 7) is 1.96. The van der Waals surface area contributed by atoms with Crippen LogP contribution in [0.15, 0.2) is 70.3 Å². The Balaban J connectivity index is 1.87. The van der Waals surface area contributed by atoms with E-state index in [1.54, 1.807) is 6.92 Å². The molecule has 3 aromatic rings. The molecule has 2 aromatic carbocycles. The first-order valence-electron chi connectivity index (χ1n) is 8.28. The van der Waals surface area contributed by atoms with Gasteiger partial charge in [0.1, 0.15) is 6.73 Å². The number of aromatic nitrogens is 2. The maximum atomic E-state index is 12.3. The summed E-state index contributed by atoms with van der Waals surface area (Å²) in [5.74, 6) is 0. The molecular weight excluding hydrogens is 332 g/mol. The summed E-state index contributed by atoms with van der Waals surface area (Å²) in [6, 6.07) is 19.0. The number of hydrogen-bond donors (Lipinski definition) is 1. The number of nitrogens with zero attached hydrogens (tertiary/aromatic N) is 2. The zero-order chi connectivity index (χ0) is 18.5. The minimum Gasteiger partial charge on any atom is -0.421 e. The maximum absolute atomic E-state index is 12.3. The van der Waals surface area contributed by atoms with Gasteiger partial charge in [0.2, 0.25) is 0 Å². The quantitative estimate of drug-likeness (QED) is 0.691. The van der Waals surface area contributed by atoms with Gasteiger partial charge < -0.3 is 9.94 Å². The van der Waals surface area contributed by atoms with Crippen LogP contribution in [0.25, 0.3) is 0 Å². The van der Waals surface area contributed by atoms with E-state index in [1.165, 1.54) is 4.57 Å². The highest BCUT2D eigenvalue weighted by molar-refractivity contribution is 5.27. The molecule has 134 valence electrons. The van der Waals surface area contributed by atoms with Crippen LogP contribution in [0.5, 0.6) is 0 Å². The van der Waals surface area contributed by atoms with E-state index in [0.717, 1.165) is 11.1 Å². The Morgan fingerprint density at radius 3 is 2.12 bits per heavy atom. The lowest BCUT2D eigenvalue weighted by molar-refractivity contribution is 0.0504. The van der Waals surface area contributed by atoms with E-state index in [1.807, 2.05) is 60.7 Å². The van der Waals surface area contributed by atoms with Crippen molar-refractivity contribution in [2.45, 2.75) is 26.7 Å². The van der Waals surface area contributed by atoms with Gasteiger partial charge in [0, 0.05) is 17.7 Å². The normalized spacial score (nSPS) is 10.8. The minimum atomic E-state index is -0.808. The summed E-state index contributed by atoms with van der Waals surface area (Å²) in [6.07, 6.45) is 0.324. The largest absolute Gasteiger partial charge is 0.421 e. The molecule has 0 amide bonds. The SMILES string of the molecule is Cc1c(Cc2ccccc2)c(=O)n(O)c(=O)n1COCc1ccccc1. The topological polar surface area (TPSA) is 73.5 Å². The van der Waals surface area contributed by atoms with Gasteiger partial charge in [0.15, 0.2) is 0 Å². The fourth-order valence-corrected chi connectivity index (χ4v) is 2.77. The van der Waals surface area contributed by atoms with E-state index in [4.69, 9.17) is 4.74 Å². The van der Waals surface area contributed by atoms with E-state index in [2.05, 4.69) is 0 Å². The summed E-state index contributed by atoms with van der Waals surface area (Å²) in [4.78, 5) is 24.6. The summed E-state index contributed by atoms with van der Waals surface area (Å²) >= 11 is 0. The number of ether oxygens (including phenoxy) is 1. The highest BCUT2D eigenvalue weighted by Gasteiger charge is 2.16. The van der Waals surface area contributed by atoms with Crippen LogP contribution >= 0.6 is 0 Å². The van der Waals surface area contributed by atoms with Crippen LogP contribution in [0.4, 0.5) is 0 Å². The summed E-state index contributed by atoms with van der Waals surface area (Å²) in [7, 11) is 0. The molecule has 6 nitrogen and oxygen atoms in total. The molecule has 0 bridgehead atoms. The first kappa shape index (κ1) is 17.7. The highest BCUT2D eigenvalue weighted by Crippen LogP contribution is 2.10. The molecule has 6 heteroatoms. The van der Waals surface area contributed by atoms with Crippen LogP contribution in [-0.2, 0) is 24.5 Å². The van der Waals surface area contributed by atoms with Gasteiger partial charge in [-0.2, -0.15) is 0 Å². The van der Waals surface area contributed by atoms with Crippen molar-refractivity contribution >= 4 is 0 Å². The van der Waals surface area contributed by atoms with Gasteiger partial charge in [-0.05, 0) is 18.1 Å². The number of rotatable bonds is 6. The average Bonchev–Trinajstić information content (AvgIpc) is 2.68. The molecule has 3 rings (SSSR count). The Labute approximate surface area is 150 Å². The zero-order valence-electron chi connectivity index (χ0n) is 14.5. The molecule has 0 aliphatic heterocycles. The molecule has 1 aromatic heterocycles. The third kappa shape index (κ3) is 3.75. The van der Waals surface area contributed by atoms with Gasteiger partial charge in [-0.3, -0.25) is 9.36 Å². The standard InChI is InChI=1S/C20H20N2O4/c1-15-18(12-16-8-4-2-5-9-16)19(23)22(25)20(24)21(15)14-26-13-17-10-6-3-7-11-17/h2-11,25H,12-14H2,1H3. The van der Waals surface area contributed by atoms with Crippen molar-refractivity contribution in [2.75, 3.05) is 0 Å². The summed E-state index contributed by atoms with van der Waals surface area (Å²) in [5.41, 5.74) is 1.24. The van der Waals surface area contributed by atoms with Crippen molar-refractivity contribution in [3.63, 3.8) is 0 Å². The monoisotopic (exact) mass is 352 g/mol. The first-order chi connectivity index (χ1) is 12.6. The molecular formula is C20H20N2O4. The molecule has 0 unspecified atom stereocenters. The van der Waals surface area contributed by atoms with Gasteiger partial charge in [0.25, 0.3) is 5.56 Å². The second-order valence-electron chi connectivity index (χ2n) is 6.02. The lowest BCUT2D eigenvalue weighted by Crippen LogP contribution is -2.42. The highest BCUT2D eigenvalue weighted by atomic mass is 16.5. The molecule has 0 saturated heterocycles. The van der Waals surface area contributed by atoms with E-state index >= 15 is 0 Å². The van der Waals surface area contributed by atoms with Gasteiger partial charge in [0.05, 0.1) is 6.61 Å². The third-order valence-corrected chi connectivity index (χ3v) is 4.26. The predicted octanol–water partition coefficient (Wildman–Crippen LogP) is 2.32. The Morgan fingerprint density at radius 2 is 1.50 bits per heavy atom. The van der Waals surface area contributed by atoms with E-state index < -0.39 is 11.2 Å². The Bertz CT molecular complexity index is 992. The molecule has 26 heavy (non-hydrogen) atoms. The molecule has 1 N–H and O–H groups in total. The summed E-state index contributed by atoms with van der Waals surface area (Å²) in [5, 5.41) is 9.90. The third-order valence-electron chi connectivity index (χ3n) is 4.26. The van der Waals surface area contributed by atoms with E-state index in [-0.39, 0.29) is 11.5 Å². The Kier molecular flexibility index (Phi) is 5.34. The maximum Gasteiger partial charge on any atom is 0.366 e. The van der Waals surface area contributed by atoms with Gasteiger partial charge in [-0.1, -0.05) is 65.4 Å². The number of benzene rings is 2. The summed E-state index contributed by atoms with van der Waals surface area (Å²) < 4.78 is 7.02. The first-order valence-corrected chi connectivity index (χ1v) is 8.28. The molecule has 0 aliphatic rings. The van der Waals surface area contributed by atoms with E-state index in [0.29, 0.717) is 24.3 Å². The molecule has 0 fully saturated rings. The van der Waals surface area contributed by atoms with Crippen molar-refractivity contribution in [3.8, 4) is 0 Å². The number of hydrogen-bond acceptors (Lipinski definition) is 4. The second-order valence-corrected chi connectivity index (χ2v) is 6.02. The lowest BCUT2D eigenvalue weighted by atomic mass is 10.1. The van der Waals surface area contributed by atoms with Crippen LogP contribution < -0.4 is 11.2 Å². The van der Waals surface area contributed by atoms with Crippen LogP contribution in [0.3, 0.4) is 0 Å². The van der Waals surface area contributed by atoms with Gasteiger partial charge in [-0.25, -0.2) is 4.79 Å².